The summed E-state index contributed by atoms with van der Waals surface area (Å²) in [6.07, 6.45) is 6.93. The molecule has 0 aromatic carbocycles. The molecule has 2 atom stereocenters. The van der Waals surface area contributed by atoms with Crippen molar-refractivity contribution in [3.63, 3.8) is 0 Å². The van der Waals surface area contributed by atoms with Crippen LogP contribution in [0.4, 0.5) is 0 Å². The van der Waals surface area contributed by atoms with Crippen molar-refractivity contribution >= 4 is 0 Å². The molecule has 0 heterocycles. The van der Waals surface area contributed by atoms with E-state index in [2.05, 4.69) is 12.2 Å². The van der Waals surface area contributed by atoms with E-state index >= 15 is 0 Å². The van der Waals surface area contributed by atoms with Gasteiger partial charge in [-0.15, -0.1) is 0 Å². The lowest BCUT2D eigenvalue weighted by molar-refractivity contribution is -0.693. The van der Waals surface area contributed by atoms with Gasteiger partial charge in [0.25, 0.3) is 0 Å². The Bertz CT molecular complexity index is 127. The molecule has 2 heteroatoms. The van der Waals surface area contributed by atoms with Crippen LogP contribution in [0.3, 0.4) is 0 Å². The van der Waals surface area contributed by atoms with Gasteiger partial charge in [0.2, 0.25) is 0 Å². The van der Waals surface area contributed by atoms with Crippen molar-refractivity contribution in [3.8, 4) is 0 Å². The van der Waals surface area contributed by atoms with Crippen LogP contribution < -0.4 is 5.32 Å². The molecule has 1 fully saturated rings. The highest BCUT2D eigenvalue weighted by molar-refractivity contribution is 4.68. The average molecular weight is 186 g/mol. The highest BCUT2D eigenvalue weighted by Crippen LogP contribution is 2.21. The molecule has 0 unspecified atom stereocenters. The number of hydrogen-bond acceptors (Lipinski definition) is 1. The molecule has 0 aliphatic heterocycles. The molecule has 2 nitrogen and oxygen atoms in total. The minimum Gasteiger partial charge on any atom is -0.384 e. The van der Waals surface area contributed by atoms with Crippen LogP contribution >= 0.6 is 0 Å². The lowest BCUT2D eigenvalue weighted by Gasteiger charge is -2.24. The Kier molecular flexibility index (Phi) is 5.40. The third-order valence-corrected chi connectivity index (χ3v) is 3.03. The van der Waals surface area contributed by atoms with Crippen LogP contribution in [-0.4, -0.2) is 26.3 Å². The highest BCUT2D eigenvalue weighted by atomic mass is 16.5. The maximum absolute atomic E-state index is 5.03. The maximum atomic E-state index is 5.03. The van der Waals surface area contributed by atoms with Gasteiger partial charge in [0.1, 0.15) is 0 Å². The summed E-state index contributed by atoms with van der Waals surface area (Å²) in [6.45, 7) is 4.54. The van der Waals surface area contributed by atoms with E-state index in [0.717, 1.165) is 18.6 Å². The summed E-state index contributed by atoms with van der Waals surface area (Å²) in [6, 6.07) is 0.903. The Morgan fingerprint density at radius 1 is 1.38 bits per heavy atom. The largest absolute Gasteiger partial charge is 0.384 e. The molecule has 78 valence electrons. The van der Waals surface area contributed by atoms with Crippen molar-refractivity contribution in [1.29, 1.82) is 0 Å². The third kappa shape index (κ3) is 4.63. The fourth-order valence-electron chi connectivity index (χ4n) is 2.28. The average Bonchev–Trinajstić information content (AvgIpc) is 2.13. The summed E-state index contributed by atoms with van der Waals surface area (Å²) < 4.78 is 5.03. The molecule has 1 aliphatic carbocycles. The van der Waals surface area contributed by atoms with Gasteiger partial charge >= 0.3 is 0 Å². The minimum absolute atomic E-state index is 0.903. The number of ether oxygens (including phenoxy) is 1. The Morgan fingerprint density at radius 3 is 2.92 bits per heavy atom. The predicted molar refractivity (Wildman–Crippen MR) is 54.7 cm³/mol. The molecule has 0 saturated heterocycles. The molecule has 0 bridgehead atoms. The zero-order chi connectivity index (χ0) is 9.52. The molecule has 0 aromatic rings. The smallest absolute Gasteiger partial charge is 0.0861 e. The van der Waals surface area contributed by atoms with Crippen molar-refractivity contribution in [2.24, 2.45) is 5.92 Å². The second-order valence-corrected chi connectivity index (χ2v) is 4.40. The molecule has 0 aromatic heterocycles. The molecule has 0 spiro atoms. The van der Waals surface area contributed by atoms with Crippen molar-refractivity contribution in [2.45, 2.75) is 45.1 Å². The van der Waals surface area contributed by atoms with Crippen LogP contribution in [0.25, 0.3) is 0 Å². The summed E-state index contributed by atoms with van der Waals surface area (Å²) >= 11 is 0. The zero-order valence-electron chi connectivity index (χ0n) is 9.09. The lowest BCUT2D eigenvalue weighted by atomic mass is 9.87. The molecule has 1 saturated carbocycles. The Labute approximate surface area is 82.0 Å². The fourth-order valence-corrected chi connectivity index (χ4v) is 2.28. The summed E-state index contributed by atoms with van der Waals surface area (Å²) in [4.78, 5) is 0. The number of methoxy groups -OCH3 is 1. The zero-order valence-corrected chi connectivity index (χ0v) is 9.09. The Hall–Kier alpha value is -0.0800. The van der Waals surface area contributed by atoms with Gasteiger partial charge in [0.05, 0.1) is 19.2 Å². The monoisotopic (exact) mass is 186 g/mol. The molecule has 13 heavy (non-hydrogen) atoms. The van der Waals surface area contributed by atoms with E-state index in [0.29, 0.717) is 0 Å². The van der Waals surface area contributed by atoms with Gasteiger partial charge in [-0.25, -0.2) is 0 Å². The van der Waals surface area contributed by atoms with Gasteiger partial charge < -0.3 is 10.1 Å². The lowest BCUT2D eigenvalue weighted by Crippen LogP contribution is -2.90. The van der Waals surface area contributed by atoms with Crippen molar-refractivity contribution in [3.05, 3.63) is 0 Å². The topological polar surface area (TPSA) is 25.8 Å². The molecule has 0 radical (unpaired) electrons. The first-order valence-electron chi connectivity index (χ1n) is 5.65. The Balaban J connectivity index is 2.00. The van der Waals surface area contributed by atoms with E-state index in [4.69, 9.17) is 4.74 Å². The van der Waals surface area contributed by atoms with Crippen molar-refractivity contribution in [2.75, 3.05) is 20.3 Å². The number of rotatable bonds is 5. The van der Waals surface area contributed by atoms with Gasteiger partial charge in [-0.2, -0.15) is 0 Å². The van der Waals surface area contributed by atoms with Crippen LogP contribution in [0.15, 0.2) is 0 Å². The van der Waals surface area contributed by atoms with E-state index in [1.54, 1.807) is 7.11 Å². The highest BCUT2D eigenvalue weighted by Gasteiger charge is 2.20. The van der Waals surface area contributed by atoms with Crippen molar-refractivity contribution in [1.82, 2.24) is 0 Å². The standard InChI is InChI=1S/C11H23NO/c1-10-5-3-6-11(9-10)12-7-4-8-13-2/h10-12H,3-9H2,1-2H3/p+1/t10-,11+/m0/s1. The normalized spacial score (nSPS) is 29.1. The molecular formula is C11H24NO+. The molecule has 1 rings (SSSR count). The van der Waals surface area contributed by atoms with Crippen molar-refractivity contribution < 1.29 is 10.1 Å². The second-order valence-electron chi connectivity index (χ2n) is 4.40. The van der Waals surface area contributed by atoms with Crippen LogP contribution in [0.2, 0.25) is 0 Å². The van der Waals surface area contributed by atoms with Crippen LogP contribution in [0, 0.1) is 5.92 Å². The third-order valence-electron chi connectivity index (χ3n) is 3.03. The first-order chi connectivity index (χ1) is 6.33. The maximum Gasteiger partial charge on any atom is 0.0861 e. The van der Waals surface area contributed by atoms with E-state index in [1.165, 1.54) is 38.6 Å². The minimum atomic E-state index is 0.903. The number of hydrogen-bond donors (Lipinski definition) is 1. The molecule has 1 aliphatic rings. The van der Waals surface area contributed by atoms with Gasteiger partial charge in [0.15, 0.2) is 0 Å². The number of nitrogens with two attached hydrogens (primary N) is 1. The predicted octanol–water partition coefficient (Wildman–Crippen LogP) is 1.16. The van der Waals surface area contributed by atoms with Crippen LogP contribution in [0.5, 0.6) is 0 Å². The summed E-state index contributed by atoms with van der Waals surface area (Å²) in [5, 5.41) is 2.52. The first-order valence-corrected chi connectivity index (χ1v) is 5.65. The molecule has 0 amide bonds. The summed E-state index contributed by atoms with van der Waals surface area (Å²) in [7, 11) is 1.78. The van der Waals surface area contributed by atoms with Gasteiger partial charge in [-0.05, 0) is 18.8 Å². The first kappa shape index (κ1) is 11.0. The molecule has 2 N–H and O–H groups in total. The van der Waals surface area contributed by atoms with E-state index in [-0.39, 0.29) is 0 Å². The van der Waals surface area contributed by atoms with E-state index in [1.807, 2.05) is 0 Å². The Morgan fingerprint density at radius 2 is 2.23 bits per heavy atom. The van der Waals surface area contributed by atoms with Crippen LogP contribution in [0.1, 0.15) is 39.0 Å². The summed E-state index contributed by atoms with van der Waals surface area (Å²) in [5.74, 6) is 0.956. The van der Waals surface area contributed by atoms with E-state index in [9.17, 15) is 0 Å². The van der Waals surface area contributed by atoms with Crippen LogP contribution in [-0.2, 0) is 4.74 Å². The fraction of sp³-hybridized carbons (Fsp3) is 1.00. The summed E-state index contributed by atoms with van der Waals surface area (Å²) in [5.41, 5.74) is 0. The molecular weight excluding hydrogens is 162 g/mol. The van der Waals surface area contributed by atoms with E-state index < -0.39 is 0 Å². The van der Waals surface area contributed by atoms with Gasteiger partial charge in [-0.1, -0.05) is 13.3 Å². The van der Waals surface area contributed by atoms with Gasteiger partial charge in [0, 0.05) is 20.0 Å². The SMILES string of the molecule is COCCC[NH2+][C@@H]1CCC[C@H](C)C1. The second kappa shape index (κ2) is 6.39. The number of quaternary nitrogens is 1. The van der Waals surface area contributed by atoms with Gasteiger partial charge in [-0.3, -0.25) is 0 Å². The quantitative estimate of drug-likeness (QED) is 0.641.